The number of aryl methyl sites for hydroxylation is 1. The second kappa shape index (κ2) is 5.64. The number of carbonyl (C=O) groups excluding carboxylic acids is 1. The SMILES string of the molecule is Cc1n[nH]c(=O)c(C(=O)NCc2ccccc2F)c1C. The molecule has 0 bridgehead atoms. The minimum absolute atomic E-state index is 0.00818. The molecule has 2 rings (SSSR count). The van der Waals surface area contributed by atoms with Gasteiger partial charge in [-0.1, -0.05) is 18.2 Å². The van der Waals surface area contributed by atoms with Crippen LogP contribution in [0.25, 0.3) is 0 Å². The average molecular weight is 275 g/mol. The van der Waals surface area contributed by atoms with Gasteiger partial charge in [0.15, 0.2) is 0 Å². The molecule has 6 heteroatoms. The normalized spacial score (nSPS) is 10.3. The summed E-state index contributed by atoms with van der Waals surface area (Å²) in [5, 5.41) is 8.57. The van der Waals surface area contributed by atoms with E-state index in [4.69, 9.17) is 0 Å². The maximum atomic E-state index is 13.4. The highest BCUT2D eigenvalue weighted by Gasteiger charge is 2.16. The van der Waals surface area contributed by atoms with E-state index in [-0.39, 0.29) is 12.1 Å². The van der Waals surface area contributed by atoms with Crippen molar-refractivity contribution in [3.63, 3.8) is 0 Å². The van der Waals surface area contributed by atoms with Crippen LogP contribution in [0.4, 0.5) is 4.39 Å². The van der Waals surface area contributed by atoms with Crippen molar-refractivity contribution in [2.24, 2.45) is 0 Å². The first-order valence-corrected chi connectivity index (χ1v) is 6.08. The Bertz CT molecular complexity index is 710. The molecule has 0 saturated carbocycles. The molecule has 0 spiro atoms. The summed E-state index contributed by atoms with van der Waals surface area (Å²) in [6, 6.07) is 6.14. The molecule has 1 aromatic heterocycles. The summed E-state index contributed by atoms with van der Waals surface area (Å²) in [6.07, 6.45) is 0. The number of nitrogens with one attached hydrogen (secondary N) is 2. The van der Waals surface area contributed by atoms with Gasteiger partial charge in [0.25, 0.3) is 11.5 Å². The number of amides is 1. The highest BCUT2D eigenvalue weighted by Crippen LogP contribution is 2.08. The summed E-state index contributed by atoms with van der Waals surface area (Å²) in [4.78, 5) is 23.7. The summed E-state index contributed by atoms with van der Waals surface area (Å²) in [5.41, 5.74) is 0.897. The topological polar surface area (TPSA) is 74.8 Å². The smallest absolute Gasteiger partial charge is 0.277 e. The zero-order chi connectivity index (χ0) is 14.7. The van der Waals surface area contributed by atoms with Crippen LogP contribution >= 0.6 is 0 Å². The molecular formula is C14H14FN3O2. The molecular weight excluding hydrogens is 261 g/mol. The fourth-order valence-electron chi connectivity index (χ4n) is 1.80. The summed E-state index contributed by atoms with van der Waals surface area (Å²) < 4.78 is 13.4. The molecule has 0 fully saturated rings. The van der Waals surface area contributed by atoms with Crippen LogP contribution in [0.2, 0.25) is 0 Å². The predicted molar refractivity (Wildman–Crippen MR) is 71.9 cm³/mol. The monoisotopic (exact) mass is 275 g/mol. The summed E-state index contributed by atoms with van der Waals surface area (Å²) in [6.45, 7) is 3.36. The third-order valence-electron chi connectivity index (χ3n) is 3.09. The highest BCUT2D eigenvalue weighted by molar-refractivity contribution is 5.95. The lowest BCUT2D eigenvalue weighted by atomic mass is 10.1. The van der Waals surface area contributed by atoms with Crippen molar-refractivity contribution in [1.82, 2.24) is 15.5 Å². The first-order valence-electron chi connectivity index (χ1n) is 6.08. The van der Waals surface area contributed by atoms with E-state index in [1.807, 2.05) is 0 Å². The second-order valence-electron chi connectivity index (χ2n) is 4.41. The minimum Gasteiger partial charge on any atom is -0.348 e. The number of aromatic amines is 1. The van der Waals surface area contributed by atoms with E-state index in [2.05, 4.69) is 15.5 Å². The number of aromatic nitrogens is 2. The number of H-pyrrole nitrogens is 1. The fourth-order valence-corrected chi connectivity index (χ4v) is 1.80. The number of hydrogen-bond acceptors (Lipinski definition) is 3. The van der Waals surface area contributed by atoms with Gasteiger partial charge in [0, 0.05) is 12.1 Å². The number of carbonyl (C=O) groups is 1. The van der Waals surface area contributed by atoms with Gasteiger partial charge in [-0.25, -0.2) is 9.49 Å². The van der Waals surface area contributed by atoms with Crippen molar-refractivity contribution < 1.29 is 9.18 Å². The largest absolute Gasteiger partial charge is 0.348 e. The van der Waals surface area contributed by atoms with Crippen LogP contribution in [0.5, 0.6) is 0 Å². The Morgan fingerprint density at radius 1 is 1.35 bits per heavy atom. The second-order valence-corrected chi connectivity index (χ2v) is 4.41. The van der Waals surface area contributed by atoms with Gasteiger partial charge < -0.3 is 5.32 Å². The molecule has 104 valence electrons. The van der Waals surface area contributed by atoms with Gasteiger partial charge in [-0.2, -0.15) is 5.10 Å². The predicted octanol–water partition coefficient (Wildman–Crippen LogP) is 1.46. The Morgan fingerprint density at radius 3 is 2.75 bits per heavy atom. The number of hydrogen-bond donors (Lipinski definition) is 2. The van der Waals surface area contributed by atoms with Gasteiger partial charge in [0.05, 0.1) is 5.69 Å². The number of nitrogens with zero attached hydrogens (tertiary/aromatic N) is 1. The Balaban J connectivity index is 2.20. The van der Waals surface area contributed by atoms with Gasteiger partial charge in [0.2, 0.25) is 0 Å². The first kappa shape index (κ1) is 13.9. The standard InChI is InChI=1S/C14H14FN3O2/c1-8-9(2)17-18-14(20)12(8)13(19)16-7-10-5-3-4-6-11(10)15/h3-6H,7H2,1-2H3,(H,16,19)(H,18,20). The lowest BCUT2D eigenvalue weighted by Gasteiger charge is -2.08. The van der Waals surface area contributed by atoms with Crippen LogP contribution in [0.15, 0.2) is 29.1 Å². The molecule has 1 heterocycles. The third kappa shape index (κ3) is 2.74. The molecule has 0 aliphatic carbocycles. The van der Waals surface area contributed by atoms with Gasteiger partial charge in [-0.15, -0.1) is 0 Å². The minimum atomic E-state index is -0.556. The van der Waals surface area contributed by atoms with E-state index < -0.39 is 17.3 Å². The zero-order valence-corrected chi connectivity index (χ0v) is 11.2. The Morgan fingerprint density at radius 2 is 2.05 bits per heavy atom. The van der Waals surface area contributed by atoms with E-state index in [0.29, 0.717) is 16.8 Å². The van der Waals surface area contributed by atoms with Crippen molar-refractivity contribution in [2.45, 2.75) is 20.4 Å². The van der Waals surface area contributed by atoms with Crippen molar-refractivity contribution in [2.75, 3.05) is 0 Å². The van der Waals surface area contributed by atoms with Crippen LogP contribution in [0.3, 0.4) is 0 Å². The molecule has 0 atom stereocenters. The maximum absolute atomic E-state index is 13.4. The first-order chi connectivity index (χ1) is 9.50. The molecule has 5 nitrogen and oxygen atoms in total. The summed E-state index contributed by atoms with van der Waals surface area (Å²) in [5.74, 6) is -0.943. The van der Waals surface area contributed by atoms with Crippen LogP contribution in [-0.4, -0.2) is 16.1 Å². The number of rotatable bonds is 3. The summed E-state index contributed by atoms with van der Waals surface area (Å²) in [7, 11) is 0. The average Bonchev–Trinajstić information content (AvgIpc) is 2.42. The maximum Gasteiger partial charge on any atom is 0.277 e. The number of halogens is 1. The van der Waals surface area contributed by atoms with E-state index in [1.54, 1.807) is 32.0 Å². The molecule has 0 aliphatic heterocycles. The molecule has 0 unspecified atom stereocenters. The van der Waals surface area contributed by atoms with Crippen molar-refractivity contribution in [1.29, 1.82) is 0 Å². The molecule has 2 aromatic rings. The molecule has 0 aliphatic rings. The van der Waals surface area contributed by atoms with Gasteiger partial charge in [0.1, 0.15) is 11.4 Å². The third-order valence-corrected chi connectivity index (χ3v) is 3.09. The molecule has 20 heavy (non-hydrogen) atoms. The number of benzene rings is 1. The molecule has 2 N–H and O–H groups in total. The van der Waals surface area contributed by atoms with Crippen LogP contribution in [-0.2, 0) is 6.54 Å². The lowest BCUT2D eigenvalue weighted by Crippen LogP contribution is -2.31. The highest BCUT2D eigenvalue weighted by atomic mass is 19.1. The van der Waals surface area contributed by atoms with Crippen LogP contribution in [0, 0.1) is 19.7 Å². The summed E-state index contributed by atoms with van der Waals surface area (Å²) >= 11 is 0. The quantitative estimate of drug-likeness (QED) is 0.890. The van der Waals surface area contributed by atoms with Crippen molar-refractivity contribution in [3.8, 4) is 0 Å². The van der Waals surface area contributed by atoms with Crippen LogP contribution < -0.4 is 10.9 Å². The van der Waals surface area contributed by atoms with E-state index in [0.717, 1.165) is 0 Å². The zero-order valence-electron chi connectivity index (χ0n) is 11.2. The van der Waals surface area contributed by atoms with Crippen LogP contribution in [0.1, 0.15) is 27.2 Å². The van der Waals surface area contributed by atoms with Gasteiger partial charge in [-0.3, -0.25) is 9.59 Å². The van der Waals surface area contributed by atoms with Gasteiger partial charge in [-0.05, 0) is 25.5 Å². The Hall–Kier alpha value is -2.50. The molecule has 0 saturated heterocycles. The fraction of sp³-hybridized carbons (Fsp3) is 0.214. The Labute approximate surface area is 114 Å². The van der Waals surface area contributed by atoms with Crippen molar-refractivity contribution >= 4 is 5.91 Å². The van der Waals surface area contributed by atoms with E-state index >= 15 is 0 Å². The molecule has 1 aromatic carbocycles. The van der Waals surface area contributed by atoms with E-state index in [9.17, 15) is 14.0 Å². The lowest BCUT2D eigenvalue weighted by molar-refractivity contribution is 0.0948. The molecule has 1 amide bonds. The Kier molecular flexibility index (Phi) is 3.93. The van der Waals surface area contributed by atoms with Crippen molar-refractivity contribution in [3.05, 3.63) is 62.8 Å². The molecule has 0 radical (unpaired) electrons. The van der Waals surface area contributed by atoms with Gasteiger partial charge >= 0.3 is 0 Å². The van der Waals surface area contributed by atoms with E-state index in [1.165, 1.54) is 6.07 Å².